The second kappa shape index (κ2) is 6.64. The largest absolute Gasteiger partial charge is 0.0628 e. The Labute approximate surface area is 123 Å². The molecule has 0 bridgehead atoms. The summed E-state index contributed by atoms with van der Waals surface area (Å²) in [6, 6.07) is 0. The summed E-state index contributed by atoms with van der Waals surface area (Å²) in [7, 11) is 0. The van der Waals surface area contributed by atoms with Crippen molar-refractivity contribution >= 4 is 0 Å². The third-order valence-corrected chi connectivity index (χ3v) is 3.84. The molecule has 0 saturated heterocycles. The zero-order valence-electron chi connectivity index (χ0n) is 15.5. The predicted octanol–water partition coefficient (Wildman–Crippen LogP) is 6.94. The molecule has 0 rings (SSSR count). The maximum absolute atomic E-state index is 2.47. The van der Waals surface area contributed by atoms with Crippen molar-refractivity contribution in [2.24, 2.45) is 28.1 Å². The maximum atomic E-state index is 2.47. The van der Waals surface area contributed by atoms with Gasteiger partial charge in [0, 0.05) is 0 Å². The molecule has 0 aliphatic carbocycles. The third kappa shape index (κ3) is 9.52. The van der Waals surface area contributed by atoms with Gasteiger partial charge in [0.15, 0.2) is 0 Å². The van der Waals surface area contributed by atoms with E-state index in [1.807, 2.05) is 0 Å². The van der Waals surface area contributed by atoms with Gasteiger partial charge in [-0.25, -0.2) is 0 Å². The molecule has 0 nitrogen and oxygen atoms in total. The lowest BCUT2D eigenvalue weighted by Gasteiger charge is -2.41. The van der Waals surface area contributed by atoms with Crippen molar-refractivity contribution in [3.63, 3.8) is 0 Å². The molecule has 0 aromatic heterocycles. The van der Waals surface area contributed by atoms with Gasteiger partial charge >= 0.3 is 0 Å². The van der Waals surface area contributed by atoms with Gasteiger partial charge in [-0.3, -0.25) is 0 Å². The van der Waals surface area contributed by atoms with Crippen LogP contribution in [0.1, 0.15) is 94.9 Å². The highest BCUT2D eigenvalue weighted by atomic mass is 14.4. The van der Waals surface area contributed by atoms with Gasteiger partial charge in [0.2, 0.25) is 0 Å². The van der Waals surface area contributed by atoms with Gasteiger partial charge in [0.25, 0.3) is 0 Å². The van der Waals surface area contributed by atoms with Crippen LogP contribution in [0.5, 0.6) is 0 Å². The summed E-state index contributed by atoms with van der Waals surface area (Å²) in [4.78, 5) is 0. The summed E-state index contributed by atoms with van der Waals surface area (Å²) in [5.41, 5.74) is 1.37. The molecule has 0 aromatic carbocycles. The quantitative estimate of drug-likeness (QED) is 0.447. The van der Waals surface area contributed by atoms with E-state index in [2.05, 4.69) is 69.2 Å². The lowest BCUT2D eigenvalue weighted by molar-refractivity contribution is 0.0996. The predicted molar refractivity (Wildman–Crippen MR) is 89.5 cm³/mol. The van der Waals surface area contributed by atoms with Crippen molar-refractivity contribution in [3.05, 3.63) is 0 Å². The van der Waals surface area contributed by atoms with E-state index in [9.17, 15) is 0 Å². The highest BCUT2D eigenvalue weighted by Crippen LogP contribution is 2.45. The van der Waals surface area contributed by atoms with Gasteiger partial charge in [-0.15, -0.1) is 0 Å². The molecule has 0 heterocycles. The molecule has 0 N–H and O–H groups in total. The Morgan fingerprint density at radius 2 is 0.789 bits per heavy atom. The van der Waals surface area contributed by atoms with Gasteiger partial charge in [-0.1, -0.05) is 69.2 Å². The minimum atomic E-state index is 0.441. The summed E-state index contributed by atoms with van der Waals surface area (Å²) < 4.78 is 0. The molecule has 0 amide bonds. The van der Waals surface area contributed by atoms with E-state index in [-0.39, 0.29) is 0 Å². The van der Waals surface area contributed by atoms with Crippen molar-refractivity contribution in [1.29, 1.82) is 0 Å². The normalized spacial score (nSPS) is 14.5. The molecule has 0 radical (unpaired) electrons. The SMILES string of the molecule is CC(C)CC(C)(C)CC(C)(C)CC(C)(C)CC(C)C. The fraction of sp³-hybridized carbons (Fsp3) is 1.00. The molecule has 0 fully saturated rings. The van der Waals surface area contributed by atoms with Crippen molar-refractivity contribution in [2.75, 3.05) is 0 Å². The van der Waals surface area contributed by atoms with Crippen molar-refractivity contribution in [2.45, 2.75) is 94.9 Å². The molecule has 0 unspecified atom stereocenters. The van der Waals surface area contributed by atoms with Crippen molar-refractivity contribution in [1.82, 2.24) is 0 Å². The second-order valence-corrected chi connectivity index (χ2v) is 10.0. The highest BCUT2D eigenvalue weighted by Gasteiger charge is 2.34. The summed E-state index contributed by atoms with van der Waals surface area (Å²) in [6.45, 7) is 24.1. The molecule has 0 aliphatic rings. The van der Waals surface area contributed by atoms with Crippen LogP contribution >= 0.6 is 0 Å². The monoisotopic (exact) mass is 268 g/mol. The van der Waals surface area contributed by atoms with Gasteiger partial charge in [-0.05, 0) is 53.8 Å². The zero-order valence-corrected chi connectivity index (χ0v) is 15.5. The van der Waals surface area contributed by atoms with Crippen LogP contribution in [0.4, 0.5) is 0 Å². The van der Waals surface area contributed by atoms with Gasteiger partial charge < -0.3 is 0 Å². The van der Waals surface area contributed by atoms with Gasteiger partial charge in [0.05, 0.1) is 0 Å². The molecular formula is C19H40. The average Bonchev–Trinajstić information content (AvgIpc) is 1.89. The summed E-state index contributed by atoms with van der Waals surface area (Å²) in [5.74, 6) is 1.60. The Bertz CT molecular complexity index is 227. The molecule has 0 atom stereocenters. The first kappa shape index (κ1) is 19.0. The van der Waals surface area contributed by atoms with Crippen LogP contribution in [0.3, 0.4) is 0 Å². The fourth-order valence-corrected chi connectivity index (χ4v) is 5.01. The van der Waals surface area contributed by atoms with Crippen molar-refractivity contribution in [3.8, 4) is 0 Å². The van der Waals surface area contributed by atoms with Crippen molar-refractivity contribution < 1.29 is 0 Å². The molecule has 0 aromatic rings. The fourth-order valence-electron chi connectivity index (χ4n) is 5.01. The van der Waals surface area contributed by atoms with Crippen LogP contribution in [0, 0.1) is 28.1 Å². The topological polar surface area (TPSA) is 0 Å². The zero-order chi connectivity index (χ0) is 15.5. The first-order chi connectivity index (χ1) is 8.25. The molecule has 0 spiro atoms. The summed E-state index contributed by atoms with van der Waals surface area (Å²) in [5, 5.41) is 0. The average molecular weight is 269 g/mol. The number of hydrogen-bond donors (Lipinski definition) is 0. The van der Waals surface area contributed by atoms with E-state index in [0.29, 0.717) is 16.2 Å². The Morgan fingerprint density at radius 3 is 1.00 bits per heavy atom. The van der Waals surface area contributed by atoms with Crippen LogP contribution in [-0.2, 0) is 0 Å². The van der Waals surface area contributed by atoms with Crippen LogP contribution in [0.2, 0.25) is 0 Å². The lowest BCUT2D eigenvalue weighted by Crippen LogP contribution is -2.30. The minimum absolute atomic E-state index is 0.441. The summed E-state index contributed by atoms with van der Waals surface area (Å²) in [6.07, 6.45) is 5.33. The van der Waals surface area contributed by atoms with Crippen LogP contribution in [0.25, 0.3) is 0 Å². The minimum Gasteiger partial charge on any atom is -0.0628 e. The molecule has 0 saturated carbocycles. The van der Waals surface area contributed by atoms with E-state index in [4.69, 9.17) is 0 Å². The first-order valence-electron chi connectivity index (χ1n) is 8.25. The molecule has 19 heavy (non-hydrogen) atoms. The van der Waals surface area contributed by atoms with Gasteiger partial charge in [0.1, 0.15) is 0 Å². The Balaban J connectivity index is 4.62. The first-order valence-corrected chi connectivity index (χ1v) is 8.25. The van der Waals surface area contributed by atoms with Crippen LogP contribution < -0.4 is 0 Å². The van der Waals surface area contributed by atoms with E-state index >= 15 is 0 Å². The van der Waals surface area contributed by atoms with E-state index in [1.165, 1.54) is 25.7 Å². The Kier molecular flexibility index (Phi) is 6.64. The smallest absolute Gasteiger partial charge is 0.0344 e. The van der Waals surface area contributed by atoms with E-state index in [1.54, 1.807) is 0 Å². The third-order valence-electron chi connectivity index (χ3n) is 3.84. The van der Waals surface area contributed by atoms with Crippen LogP contribution in [0.15, 0.2) is 0 Å². The van der Waals surface area contributed by atoms with E-state index < -0.39 is 0 Å². The maximum Gasteiger partial charge on any atom is -0.0344 e. The second-order valence-electron chi connectivity index (χ2n) is 10.0. The van der Waals surface area contributed by atoms with Crippen LogP contribution in [-0.4, -0.2) is 0 Å². The highest BCUT2D eigenvalue weighted by molar-refractivity contribution is 4.85. The number of hydrogen-bond acceptors (Lipinski definition) is 0. The lowest BCUT2D eigenvalue weighted by atomic mass is 9.64. The molecular weight excluding hydrogens is 228 g/mol. The number of rotatable bonds is 8. The van der Waals surface area contributed by atoms with E-state index in [0.717, 1.165) is 11.8 Å². The summed E-state index contributed by atoms with van der Waals surface area (Å²) >= 11 is 0. The standard InChI is InChI=1S/C19H40/c1-15(2)11-17(5,6)13-19(9,10)14-18(7,8)12-16(3)4/h15-16H,11-14H2,1-10H3. The van der Waals surface area contributed by atoms with Gasteiger partial charge in [-0.2, -0.15) is 0 Å². The Morgan fingerprint density at radius 1 is 0.526 bits per heavy atom. The molecule has 0 aliphatic heterocycles. The molecule has 116 valence electrons. The molecule has 0 heteroatoms. The Hall–Kier alpha value is 0.